The summed E-state index contributed by atoms with van der Waals surface area (Å²) in [5, 5.41) is 0. The van der Waals surface area contributed by atoms with Crippen LogP contribution in [0.5, 0.6) is 5.75 Å². The van der Waals surface area contributed by atoms with E-state index in [0.717, 1.165) is 24.8 Å². The van der Waals surface area contributed by atoms with Crippen LogP contribution in [0.1, 0.15) is 39.2 Å². The first kappa shape index (κ1) is 14.9. The Balaban J connectivity index is 2.71. The van der Waals surface area contributed by atoms with Crippen molar-refractivity contribution in [1.29, 1.82) is 0 Å². The number of benzene rings is 1. The minimum Gasteiger partial charge on any atom is -0.406 e. The second-order valence-corrected chi connectivity index (χ2v) is 4.89. The molecule has 0 fully saturated rings. The molecule has 0 radical (unpaired) electrons. The van der Waals surface area contributed by atoms with Crippen molar-refractivity contribution in [2.24, 2.45) is 5.41 Å². The number of hydrogen-bond donors (Lipinski definition) is 0. The van der Waals surface area contributed by atoms with Crippen molar-refractivity contribution >= 4 is 0 Å². The first-order valence-electron chi connectivity index (χ1n) is 6.12. The molecule has 0 saturated heterocycles. The zero-order chi connectivity index (χ0) is 13.8. The Morgan fingerprint density at radius 3 is 1.89 bits per heavy atom. The largest absolute Gasteiger partial charge is 0.573 e. The van der Waals surface area contributed by atoms with Crippen LogP contribution in [0.25, 0.3) is 0 Å². The fourth-order valence-corrected chi connectivity index (χ4v) is 1.80. The van der Waals surface area contributed by atoms with Gasteiger partial charge in [-0.05, 0) is 29.5 Å². The predicted octanol–water partition coefficient (Wildman–Crippen LogP) is 4.95. The lowest BCUT2D eigenvalue weighted by atomic mass is 9.79. The van der Waals surface area contributed by atoms with Gasteiger partial charge in [0.2, 0.25) is 0 Å². The second-order valence-electron chi connectivity index (χ2n) is 4.89. The third-order valence-electron chi connectivity index (χ3n) is 3.49. The Bertz CT molecular complexity index is 364. The van der Waals surface area contributed by atoms with E-state index in [4.69, 9.17) is 0 Å². The maximum Gasteiger partial charge on any atom is 0.573 e. The molecule has 0 saturated carbocycles. The maximum atomic E-state index is 12.0. The van der Waals surface area contributed by atoms with Gasteiger partial charge in [-0.1, -0.05) is 45.7 Å². The molecule has 4 heteroatoms. The Labute approximate surface area is 106 Å². The van der Waals surface area contributed by atoms with Gasteiger partial charge in [0.25, 0.3) is 0 Å². The molecular formula is C14H19F3O. The van der Waals surface area contributed by atoms with Crippen LogP contribution in [0.15, 0.2) is 24.3 Å². The zero-order valence-electron chi connectivity index (χ0n) is 11.0. The van der Waals surface area contributed by atoms with Crippen LogP contribution in [0.2, 0.25) is 0 Å². The highest BCUT2D eigenvalue weighted by molar-refractivity contribution is 5.28. The van der Waals surface area contributed by atoms with Crippen LogP contribution in [-0.2, 0) is 6.42 Å². The summed E-state index contributed by atoms with van der Waals surface area (Å²) < 4.78 is 39.8. The lowest BCUT2D eigenvalue weighted by Crippen LogP contribution is -2.18. The summed E-state index contributed by atoms with van der Waals surface area (Å²) in [4.78, 5) is 0. The van der Waals surface area contributed by atoms with E-state index in [1.165, 1.54) is 12.1 Å². The highest BCUT2D eigenvalue weighted by atomic mass is 19.4. The topological polar surface area (TPSA) is 9.23 Å². The fourth-order valence-electron chi connectivity index (χ4n) is 1.80. The lowest BCUT2D eigenvalue weighted by molar-refractivity contribution is -0.274. The molecule has 102 valence electrons. The third-order valence-corrected chi connectivity index (χ3v) is 3.49. The van der Waals surface area contributed by atoms with Crippen LogP contribution in [0, 0.1) is 5.41 Å². The van der Waals surface area contributed by atoms with Crippen LogP contribution in [-0.4, -0.2) is 6.36 Å². The molecule has 0 heterocycles. The van der Waals surface area contributed by atoms with Crippen LogP contribution < -0.4 is 4.74 Å². The van der Waals surface area contributed by atoms with E-state index in [-0.39, 0.29) is 11.2 Å². The molecule has 0 N–H and O–H groups in total. The van der Waals surface area contributed by atoms with Crippen LogP contribution in [0.4, 0.5) is 13.2 Å². The average molecular weight is 260 g/mol. The minimum atomic E-state index is -4.62. The smallest absolute Gasteiger partial charge is 0.406 e. The second kappa shape index (κ2) is 5.63. The summed E-state index contributed by atoms with van der Waals surface area (Å²) in [6, 6.07) is 6.14. The third kappa shape index (κ3) is 4.59. The van der Waals surface area contributed by atoms with Gasteiger partial charge in [0.05, 0.1) is 0 Å². The summed E-state index contributed by atoms with van der Waals surface area (Å²) >= 11 is 0. The molecule has 1 aromatic carbocycles. The average Bonchev–Trinajstić information content (AvgIpc) is 2.30. The van der Waals surface area contributed by atoms with Crippen molar-refractivity contribution < 1.29 is 17.9 Å². The molecule has 0 atom stereocenters. The predicted molar refractivity (Wildman–Crippen MR) is 65.5 cm³/mol. The van der Waals surface area contributed by atoms with Crippen molar-refractivity contribution in [3.63, 3.8) is 0 Å². The van der Waals surface area contributed by atoms with Crippen molar-refractivity contribution in [3.8, 4) is 5.75 Å². The molecule has 0 aliphatic rings. The van der Waals surface area contributed by atoms with Gasteiger partial charge < -0.3 is 4.74 Å². The zero-order valence-corrected chi connectivity index (χ0v) is 11.0. The van der Waals surface area contributed by atoms with Crippen molar-refractivity contribution in [1.82, 2.24) is 0 Å². The first-order valence-corrected chi connectivity index (χ1v) is 6.12. The van der Waals surface area contributed by atoms with Gasteiger partial charge in [-0.2, -0.15) is 0 Å². The number of halogens is 3. The highest BCUT2D eigenvalue weighted by Crippen LogP contribution is 2.31. The molecule has 0 aliphatic heterocycles. The van der Waals surface area contributed by atoms with E-state index in [9.17, 15) is 13.2 Å². The SMILES string of the molecule is CCC(C)(CC)Cc1ccc(OC(F)(F)F)cc1. The number of hydrogen-bond acceptors (Lipinski definition) is 1. The normalized spacial score (nSPS) is 12.6. The summed E-state index contributed by atoms with van der Waals surface area (Å²) in [5.74, 6) is -0.166. The van der Waals surface area contributed by atoms with Crippen LogP contribution >= 0.6 is 0 Å². The van der Waals surface area contributed by atoms with Gasteiger partial charge in [0.1, 0.15) is 5.75 Å². The molecule has 0 unspecified atom stereocenters. The highest BCUT2D eigenvalue weighted by Gasteiger charge is 2.31. The quantitative estimate of drug-likeness (QED) is 0.727. The molecule has 1 aromatic rings. The molecule has 0 spiro atoms. The van der Waals surface area contributed by atoms with Crippen LogP contribution in [0.3, 0.4) is 0 Å². The summed E-state index contributed by atoms with van der Waals surface area (Å²) in [6.07, 6.45) is -1.66. The van der Waals surface area contributed by atoms with E-state index < -0.39 is 6.36 Å². The molecule has 0 aromatic heterocycles. The number of rotatable bonds is 5. The number of ether oxygens (including phenoxy) is 1. The fraction of sp³-hybridized carbons (Fsp3) is 0.571. The first-order chi connectivity index (χ1) is 8.28. The lowest BCUT2D eigenvalue weighted by Gasteiger charge is -2.26. The van der Waals surface area contributed by atoms with Crippen molar-refractivity contribution in [2.75, 3.05) is 0 Å². The minimum absolute atomic E-state index is 0.166. The summed E-state index contributed by atoms with van der Waals surface area (Å²) in [6.45, 7) is 6.45. The van der Waals surface area contributed by atoms with E-state index in [2.05, 4.69) is 25.5 Å². The molecule has 0 aliphatic carbocycles. The van der Waals surface area contributed by atoms with Crippen molar-refractivity contribution in [2.45, 2.75) is 46.4 Å². The Hall–Kier alpha value is -1.19. The molecular weight excluding hydrogens is 241 g/mol. The van der Waals surface area contributed by atoms with Gasteiger partial charge in [0, 0.05) is 0 Å². The molecule has 0 bridgehead atoms. The Kier molecular flexibility index (Phi) is 4.65. The summed E-state index contributed by atoms with van der Waals surface area (Å²) in [5.41, 5.74) is 1.24. The Morgan fingerprint density at radius 2 is 1.50 bits per heavy atom. The molecule has 0 amide bonds. The van der Waals surface area contributed by atoms with Gasteiger partial charge in [-0.3, -0.25) is 0 Å². The summed E-state index contributed by atoms with van der Waals surface area (Å²) in [7, 11) is 0. The molecule has 18 heavy (non-hydrogen) atoms. The maximum absolute atomic E-state index is 12.0. The Morgan fingerprint density at radius 1 is 1.00 bits per heavy atom. The van der Waals surface area contributed by atoms with Crippen molar-refractivity contribution in [3.05, 3.63) is 29.8 Å². The van der Waals surface area contributed by atoms with Gasteiger partial charge in [0.15, 0.2) is 0 Å². The van der Waals surface area contributed by atoms with E-state index >= 15 is 0 Å². The molecule has 1 nitrogen and oxygen atoms in total. The molecule has 1 rings (SSSR count). The standard InChI is InChI=1S/C14H19F3O/c1-4-13(3,5-2)10-11-6-8-12(9-7-11)18-14(15,16)17/h6-9H,4-5,10H2,1-3H3. The van der Waals surface area contributed by atoms with E-state index in [1.807, 2.05) is 0 Å². The van der Waals surface area contributed by atoms with Gasteiger partial charge in [-0.25, -0.2) is 0 Å². The monoisotopic (exact) mass is 260 g/mol. The van der Waals surface area contributed by atoms with E-state index in [0.29, 0.717) is 0 Å². The van der Waals surface area contributed by atoms with Gasteiger partial charge >= 0.3 is 6.36 Å². The van der Waals surface area contributed by atoms with E-state index in [1.54, 1.807) is 12.1 Å². The number of alkyl halides is 3. The van der Waals surface area contributed by atoms with Gasteiger partial charge in [-0.15, -0.1) is 13.2 Å².